The van der Waals surface area contributed by atoms with Gasteiger partial charge in [-0.15, -0.1) is 11.3 Å². The molecule has 0 aliphatic heterocycles. The summed E-state index contributed by atoms with van der Waals surface area (Å²) in [6.45, 7) is 6.59. The summed E-state index contributed by atoms with van der Waals surface area (Å²) < 4.78 is 6.41. The smallest absolute Gasteiger partial charge is 0.228 e. The van der Waals surface area contributed by atoms with Crippen LogP contribution in [0, 0.1) is 5.41 Å². The number of nitrogens with one attached hydrogen (secondary N) is 1. The van der Waals surface area contributed by atoms with E-state index in [1.165, 1.54) is 0 Å². The van der Waals surface area contributed by atoms with Crippen LogP contribution in [-0.2, 0) is 6.42 Å². The zero-order valence-electron chi connectivity index (χ0n) is 11.5. The second kappa shape index (κ2) is 5.73. The Kier molecular flexibility index (Phi) is 4.43. The Balaban J connectivity index is 2.13. The maximum absolute atomic E-state index is 5.35. The van der Waals surface area contributed by atoms with Gasteiger partial charge in [0.2, 0.25) is 11.7 Å². The van der Waals surface area contributed by atoms with Crippen molar-refractivity contribution >= 4 is 27.3 Å². The molecule has 1 N–H and O–H groups in total. The number of aromatic nitrogens is 2. The molecule has 4 nitrogen and oxygen atoms in total. The fraction of sp³-hybridized carbons (Fsp3) is 0.538. The first-order valence-corrected chi connectivity index (χ1v) is 7.76. The molecule has 2 rings (SSSR count). The van der Waals surface area contributed by atoms with Crippen molar-refractivity contribution in [2.75, 3.05) is 7.05 Å². The normalized spacial score (nSPS) is 13.7. The molecule has 0 bridgehead atoms. The van der Waals surface area contributed by atoms with Gasteiger partial charge in [-0.2, -0.15) is 4.98 Å². The number of rotatable bonds is 4. The second-order valence-corrected chi connectivity index (χ2v) is 7.99. The Hall–Kier alpha value is -0.720. The molecular weight excluding hydrogens is 326 g/mol. The van der Waals surface area contributed by atoms with Crippen LogP contribution >= 0.6 is 27.3 Å². The lowest BCUT2D eigenvalue weighted by molar-refractivity contribution is 0.255. The molecular formula is C13H18BrN3OS. The average Bonchev–Trinajstić information content (AvgIpc) is 2.92. The monoisotopic (exact) mass is 343 g/mol. The summed E-state index contributed by atoms with van der Waals surface area (Å²) in [5, 5.41) is 7.36. The number of hydrogen-bond donors (Lipinski definition) is 1. The van der Waals surface area contributed by atoms with Gasteiger partial charge in [0.15, 0.2) is 0 Å². The molecule has 0 saturated carbocycles. The van der Waals surface area contributed by atoms with Crippen LogP contribution in [0.25, 0.3) is 10.7 Å². The largest absolute Gasteiger partial charge is 0.339 e. The minimum atomic E-state index is 0.148. The number of nitrogens with zero attached hydrogens (tertiary/aromatic N) is 2. The molecule has 2 aromatic rings. The van der Waals surface area contributed by atoms with Crippen molar-refractivity contribution in [3.8, 4) is 10.7 Å². The summed E-state index contributed by atoms with van der Waals surface area (Å²) in [6, 6.07) is 4.28. The third-order valence-electron chi connectivity index (χ3n) is 3.03. The molecule has 0 spiro atoms. The molecule has 2 aromatic heterocycles. The highest BCUT2D eigenvalue weighted by molar-refractivity contribution is 9.11. The van der Waals surface area contributed by atoms with E-state index >= 15 is 0 Å². The Bertz CT molecular complexity index is 544. The van der Waals surface area contributed by atoms with E-state index in [2.05, 4.69) is 52.2 Å². The molecule has 0 amide bonds. The summed E-state index contributed by atoms with van der Waals surface area (Å²) in [6.07, 6.45) is 0.736. The number of halogens is 1. The van der Waals surface area contributed by atoms with Gasteiger partial charge in [0.25, 0.3) is 0 Å². The van der Waals surface area contributed by atoms with Gasteiger partial charge in [0.1, 0.15) is 0 Å². The Morgan fingerprint density at radius 2 is 2.16 bits per heavy atom. The van der Waals surface area contributed by atoms with E-state index < -0.39 is 0 Å². The van der Waals surface area contributed by atoms with Gasteiger partial charge in [-0.05, 0) is 40.5 Å². The zero-order chi connectivity index (χ0) is 14.0. The summed E-state index contributed by atoms with van der Waals surface area (Å²) in [4.78, 5) is 5.48. The van der Waals surface area contributed by atoms with Crippen molar-refractivity contribution in [1.82, 2.24) is 15.5 Å². The van der Waals surface area contributed by atoms with E-state index in [0.29, 0.717) is 17.8 Å². The van der Waals surface area contributed by atoms with Crippen LogP contribution in [0.2, 0.25) is 0 Å². The topological polar surface area (TPSA) is 51.0 Å². The zero-order valence-corrected chi connectivity index (χ0v) is 13.9. The van der Waals surface area contributed by atoms with Crippen molar-refractivity contribution in [1.29, 1.82) is 0 Å². The van der Waals surface area contributed by atoms with Gasteiger partial charge in [0, 0.05) is 12.5 Å². The molecule has 2 heterocycles. The predicted octanol–water partition coefficient (Wildman–Crippen LogP) is 3.74. The average molecular weight is 344 g/mol. The molecule has 104 valence electrons. The van der Waals surface area contributed by atoms with E-state index in [9.17, 15) is 0 Å². The maximum atomic E-state index is 5.35. The van der Waals surface area contributed by atoms with Crippen molar-refractivity contribution in [3.05, 3.63) is 21.8 Å². The van der Waals surface area contributed by atoms with Gasteiger partial charge >= 0.3 is 0 Å². The highest BCUT2D eigenvalue weighted by atomic mass is 79.9. The molecule has 0 radical (unpaired) electrons. The lowest BCUT2D eigenvalue weighted by atomic mass is 9.85. The number of hydrogen-bond acceptors (Lipinski definition) is 5. The second-order valence-electron chi connectivity index (χ2n) is 5.53. The summed E-state index contributed by atoms with van der Waals surface area (Å²) in [5.74, 6) is 1.34. The van der Waals surface area contributed by atoms with Gasteiger partial charge < -0.3 is 9.84 Å². The highest BCUT2D eigenvalue weighted by Crippen LogP contribution is 2.30. The van der Waals surface area contributed by atoms with Crippen LogP contribution in [0.15, 0.2) is 20.4 Å². The molecule has 0 aromatic carbocycles. The van der Waals surface area contributed by atoms with Crippen molar-refractivity contribution in [2.24, 2.45) is 5.41 Å². The highest BCUT2D eigenvalue weighted by Gasteiger charge is 2.25. The van der Waals surface area contributed by atoms with E-state index in [-0.39, 0.29) is 5.41 Å². The standard InChI is InChI=1S/C13H18BrN3OS/c1-13(2,3)9(15-4)7-11-16-12(17-18-11)8-5-6-10(14)19-8/h5-6,9,15H,7H2,1-4H3. The van der Waals surface area contributed by atoms with Crippen molar-refractivity contribution < 1.29 is 4.52 Å². The SMILES string of the molecule is CNC(Cc1nc(-c2ccc(Br)s2)no1)C(C)(C)C. The van der Waals surface area contributed by atoms with Crippen LogP contribution in [0.4, 0.5) is 0 Å². The molecule has 19 heavy (non-hydrogen) atoms. The number of thiophene rings is 1. The quantitative estimate of drug-likeness (QED) is 0.918. The lowest BCUT2D eigenvalue weighted by Gasteiger charge is -2.29. The van der Waals surface area contributed by atoms with E-state index in [1.807, 2.05) is 19.2 Å². The maximum Gasteiger partial charge on any atom is 0.228 e. The molecule has 0 aliphatic carbocycles. The van der Waals surface area contributed by atoms with Gasteiger partial charge in [-0.1, -0.05) is 25.9 Å². The summed E-state index contributed by atoms with van der Waals surface area (Å²) in [5.41, 5.74) is 0.148. The minimum absolute atomic E-state index is 0.148. The Morgan fingerprint density at radius 1 is 1.42 bits per heavy atom. The van der Waals surface area contributed by atoms with Crippen molar-refractivity contribution in [2.45, 2.75) is 33.2 Å². The van der Waals surface area contributed by atoms with Crippen LogP contribution in [0.5, 0.6) is 0 Å². The predicted molar refractivity (Wildman–Crippen MR) is 81.3 cm³/mol. The number of likely N-dealkylation sites (N-methyl/N-ethyl adjacent to an activating group) is 1. The van der Waals surface area contributed by atoms with Crippen LogP contribution in [-0.4, -0.2) is 23.2 Å². The molecule has 6 heteroatoms. The molecule has 0 saturated heterocycles. The minimum Gasteiger partial charge on any atom is -0.339 e. The molecule has 1 unspecified atom stereocenters. The van der Waals surface area contributed by atoms with Crippen LogP contribution < -0.4 is 5.32 Å². The van der Waals surface area contributed by atoms with Gasteiger partial charge in [-0.25, -0.2) is 0 Å². The van der Waals surface area contributed by atoms with E-state index in [0.717, 1.165) is 15.1 Å². The lowest BCUT2D eigenvalue weighted by Crippen LogP contribution is -2.39. The third kappa shape index (κ3) is 3.64. The van der Waals surface area contributed by atoms with Gasteiger partial charge in [-0.3, -0.25) is 0 Å². The molecule has 0 aliphatic rings. The fourth-order valence-corrected chi connectivity index (χ4v) is 3.20. The fourth-order valence-electron chi connectivity index (χ4n) is 1.89. The molecule has 1 atom stereocenters. The Morgan fingerprint density at radius 3 is 2.68 bits per heavy atom. The Labute approximate surface area is 125 Å². The van der Waals surface area contributed by atoms with E-state index in [4.69, 9.17) is 4.52 Å². The summed E-state index contributed by atoms with van der Waals surface area (Å²) >= 11 is 5.04. The first kappa shape index (κ1) is 14.7. The molecule has 0 fully saturated rings. The third-order valence-corrected chi connectivity index (χ3v) is 4.65. The van der Waals surface area contributed by atoms with Crippen LogP contribution in [0.1, 0.15) is 26.7 Å². The first-order valence-electron chi connectivity index (χ1n) is 6.15. The van der Waals surface area contributed by atoms with Gasteiger partial charge in [0.05, 0.1) is 8.66 Å². The van der Waals surface area contributed by atoms with Crippen molar-refractivity contribution in [3.63, 3.8) is 0 Å². The first-order chi connectivity index (χ1) is 8.90. The van der Waals surface area contributed by atoms with Crippen LogP contribution in [0.3, 0.4) is 0 Å². The van der Waals surface area contributed by atoms with E-state index in [1.54, 1.807) is 11.3 Å². The summed E-state index contributed by atoms with van der Waals surface area (Å²) in [7, 11) is 1.96.